The summed E-state index contributed by atoms with van der Waals surface area (Å²) < 4.78 is 0. The molecule has 0 saturated carbocycles. The van der Waals surface area contributed by atoms with Gasteiger partial charge in [0.15, 0.2) is 0 Å². The van der Waals surface area contributed by atoms with Crippen LogP contribution in [0.2, 0.25) is 0 Å². The highest BCUT2D eigenvalue weighted by Crippen LogP contribution is 1.88. The number of nitrogens with two attached hydrogens (primary N) is 1. The van der Waals surface area contributed by atoms with Gasteiger partial charge in [0.25, 0.3) is 0 Å². The van der Waals surface area contributed by atoms with Gasteiger partial charge in [0.05, 0.1) is 18.9 Å². The Bertz CT molecular complexity index is 240. The molecule has 7 nitrogen and oxygen atoms in total. The predicted molar refractivity (Wildman–Crippen MR) is 45.5 cm³/mol. The fourth-order valence-electron chi connectivity index (χ4n) is 0.705. The summed E-state index contributed by atoms with van der Waals surface area (Å²) in [6.45, 7) is -0.0541. The smallest absolute Gasteiger partial charge is 0.305 e. The first-order valence-electron chi connectivity index (χ1n) is 3.90. The molecule has 7 heteroatoms. The van der Waals surface area contributed by atoms with Crippen molar-refractivity contribution in [2.75, 3.05) is 6.54 Å². The van der Waals surface area contributed by atoms with Crippen molar-refractivity contribution in [1.29, 1.82) is 0 Å². The number of aliphatic carboxylic acids is 2. The Balaban J connectivity index is 3.73. The van der Waals surface area contributed by atoms with Crippen molar-refractivity contribution >= 4 is 17.8 Å². The standard InChI is InChI=1S/C7H12N2O5/c8-4(3-6(12)13)7(14)9-2-1-5(10)11/h4H,1-3,8H2,(H,9,14)(H,10,11)(H,12,13). The van der Waals surface area contributed by atoms with E-state index in [2.05, 4.69) is 5.32 Å². The van der Waals surface area contributed by atoms with E-state index < -0.39 is 30.3 Å². The molecule has 1 atom stereocenters. The molecule has 0 heterocycles. The highest BCUT2D eigenvalue weighted by atomic mass is 16.4. The zero-order valence-corrected chi connectivity index (χ0v) is 7.40. The van der Waals surface area contributed by atoms with Crippen LogP contribution in [0.3, 0.4) is 0 Å². The van der Waals surface area contributed by atoms with Crippen molar-refractivity contribution in [3.05, 3.63) is 0 Å². The Labute approximate surface area is 79.9 Å². The van der Waals surface area contributed by atoms with Crippen LogP contribution >= 0.6 is 0 Å². The molecule has 0 saturated heterocycles. The lowest BCUT2D eigenvalue weighted by Gasteiger charge is -2.08. The Morgan fingerprint density at radius 2 is 1.79 bits per heavy atom. The van der Waals surface area contributed by atoms with Gasteiger partial charge in [-0.2, -0.15) is 0 Å². The summed E-state index contributed by atoms with van der Waals surface area (Å²) >= 11 is 0. The molecule has 1 unspecified atom stereocenters. The maximum absolute atomic E-state index is 11.0. The van der Waals surface area contributed by atoms with E-state index in [1.165, 1.54) is 0 Å². The van der Waals surface area contributed by atoms with Crippen molar-refractivity contribution in [3.63, 3.8) is 0 Å². The van der Waals surface area contributed by atoms with Gasteiger partial charge in [-0.05, 0) is 0 Å². The topological polar surface area (TPSA) is 130 Å². The third-order valence-corrected chi connectivity index (χ3v) is 1.37. The molecular formula is C7H12N2O5. The first kappa shape index (κ1) is 12.4. The van der Waals surface area contributed by atoms with E-state index >= 15 is 0 Å². The summed E-state index contributed by atoms with van der Waals surface area (Å²) in [4.78, 5) is 31.2. The van der Waals surface area contributed by atoms with Gasteiger partial charge in [-0.1, -0.05) is 0 Å². The fraction of sp³-hybridized carbons (Fsp3) is 0.571. The molecule has 0 aromatic rings. The van der Waals surface area contributed by atoms with Gasteiger partial charge in [-0.25, -0.2) is 0 Å². The quantitative estimate of drug-likeness (QED) is 0.411. The number of carboxylic acids is 2. The van der Waals surface area contributed by atoms with Crippen LogP contribution in [0, 0.1) is 0 Å². The minimum absolute atomic E-state index is 0.0541. The molecular weight excluding hydrogens is 192 g/mol. The second-order valence-corrected chi connectivity index (χ2v) is 2.64. The number of carboxylic acid groups (broad SMARTS) is 2. The van der Waals surface area contributed by atoms with Crippen LogP contribution in [0.4, 0.5) is 0 Å². The van der Waals surface area contributed by atoms with E-state index in [1.54, 1.807) is 0 Å². The summed E-state index contributed by atoms with van der Waals surface area (Å²) in [6, 6.07) is -1.14. The van der Waals surface area contributed by atoms with Crippen LogP contribution in [-0.2, 0) is 14.4 Å². The molecule has 0 aromatic heterocycles. The molecule has 0 rings (SSSR count). The van der Waals surface area contributed by atoms with Crippen molar-refractivity contribution < 1.29 is 24.6 Å². The average Bonchev–Trinajstić information content (AvgIpc) is 2.01. The summed E-state index contributed by atoms with van der Waals surface area (Å²) in [5.74, 6) is -2.88. The third-order valence-electron chi connectivity index (χ3n) is 1.37. The monoisotopic (exact) mass is 204 g/mol. The Morgan fingerprint density at radius 1 is 1.21 bits per heavy atom. The molecule has 0 aliphatic rings. The molecule has 0 spiro atoms. The molecule has 0 aliphatic carbocycles. The van der Waals surface area contributed by atoms with E-state index in [0.29, 0.717) is 0 Å². The van der Waals surface area contributed by atoms with Gasteiger partial charge < -0.3 is 21.3 Å². The van der Waals surface area contributed by atoms with Crippen LogP contribution < -0.4 is 11.1 Å². The largest absolute Gasteiger partial charge is 0.481 e. The number of carbonyl (C=O) groups excluding carboxylic acids is 1. The normalized spacial score (nSPS) is 11.8. The zero-order valence-electron chi connectivity index (χ0n) is 7.40. The first-order chi connectivity index (χ1) is 6.43. The maximum Gasteiger partial charge on any atom is 0.305 e. The first-order valence-corrected chi connectivity index (χ1v) is 3.90. The van der Waals surface area contributed by atoms with E-state index in [1.807, 2.05) is 0 Å². The molecule has 14 heavy (non-hydrogen) atoms. The number of rotatable bonds is 6. The van der Waals surface area contributed by atoms with E-state index in [0.717, 1.165) is 0 Å². The molecule has 0 aromatic carbocycles. The SMILES string of the molecule is NC(CC(=O)O)C(=O)NCCC(=O)O. The molecule has 80 valence electrons. The lowest BCUT2D eigenvalue weighted by Crippen LogP contribution is -2.42. The van der Waals surface area contributed by atoms with Crippen molar-refractivity contribution in [2.45, 2.75) is 18.9 Å². The highest BCUT2D eigenvalue weighted by molar-refractivity contribution is 5.86. The lowest BCUT2D eigenvalue weighted by atomic mass is 10.2. The predicted octanol–water partition coefficient (Wildman–Crippen LogP) is -1.62. The van der Waals surface area contributed by atoms with Gasteiger partial charge in [0.1, 0.15) is 0 Å². The summed E-state index contributed by atoms with van der Waals surface area (Å²) in [6.07, 6.45) is -0.690. The van der Waals surface area contributed by atoms with E-state index in [-0.39, 0.29) is 13.0 Å². The van der Waals surface area contributed by atoms with Gasteiger partial charge in [0.2, 0.25) is 5.91 Å². The summed E-state index contributed by atoms with van der Waals surface area (Å²) in [5.41, 5.74) is 5.19. The minimum Gasteiger partial charge on any atom is -0.481 e. The number of amides is 1. The van der Waals surface area contributed by atoms with Gasteiger partial charge >= 0.3 is 11.9 Å². The Kier molecular flexibility index (Phi) is 5.23. The second kappa shape index (κ2) is 5.92. The van der Waals surface area contributed by atoms with E-state index in [4.69, 9.17) is 15.9 Å². The van der Waals surface area contributed by atoms with Crippen LogP contribution in [0.5, 0.6) is 0 Å². The highest BCUT2D eigenvalue weighted by Gasteiger charge is 2.16. The molecule has 0 bridgehead atoms. The number of hydrogen-bond acceptors (Lipinski definition) is 4. The average molecular weight is 204 g/mol. The van der Waals surface area contributed by atoms with Crippen LogP contribution in [0.1, 0.15) is 12.8 Å². The molecule has 0 fully saturated rings. The lowest BCUT2D eigenvalue weighted by molar-refractivity contribution is -0.140. The maximum atomic E-state index is 11.0. The molecule has 0 aliphatic heterocycles. The van der Waals surface area contributed by atoms with Crippen LogP contribution in [0.25, 0.3) is 0 Å². The van der Waals surface area contributed by atoms with Crippen LogP contribution in [-0.4, -0.2) is 40.6 Å². The Hall–Kier alpha value is -1.63. The van der Waals surface area contributed by atoms with E-state index in [9.17, 15) is 14.4 Å². The zero-order chi connectivity index (χ0) is 11.1. The molecule has 5 N–H and O–H groups in total. The second-order valence-electron chi connectivity index (χ2n) is 2.64. The van der Waals surface area contributed by atoms with Gasteiger partial charge in [-0.3, -0.25) is 14.4 Å². The third kappa shape index (κ3) is 5.95. The van der Waals surface area contributed by atoms with Crippen LogP contribution in [0.15, 0.2) is 0 Å². The number of hydrogen-bond donors (Lipinski definition) is 4. The van der Waals surface area contributed by atoms with Crippen molar-refractivity contribution in [1.82, 2.24) is 5.32 Å². The summed E-state index contributed by atoms with van der Waals surface area (Å²) in [7, 11) is 0. The number of carbonyl (C=O) groups is 3. The number of nitrogens with one attached hydrogen (secondary N) is 1. The van der Waals surface area contributed by atoms with Gasteiger partial charge in [0, 0.05) is 6.54 Å². The van der Waals surface area contributed by atoms with Crippen molar-refractivity contribution in [3.8, 4) is 0 Å². The van der Waals surface area contributed by atoms with Gasteiger partial charge in [-0.15, -0.1) is 0 Å². The fourth-order valence-corrected chi connectivity index (χ4v) is 0.705. The molecule has 0 radical (unpaired) electrons. The molecule has 1 amide bonds. The Morgan fingerprint density at radius 3 is 2.21 bits per heavy atom. The minimum atomic E-state index is -1.18. The van der Waals surface area contributed by atoms with Crippen molar-refractivity contribution in [2.24, 2.45) is 5.73 Å². The summed E-state index contributed by atoms with van der Waals surface area (Å²) in [5, 5.41) is 18.7.